The van der Waals surface area contributed by atoms with Crippen LogP contribution in [0, 0.1) is 11.8 Å². The van der Waals surface area contributed by atoms with Crippen LogP contribution in [0.2, 0.25) is 0 Å². The molecule has 4 atom stereocenters. The molecule has 2 aliphatic rings. The van der Waals surface area contributed by atoms with Crippen LogP contribution >= 0.6 is 11.3 Å². The molecule has 10 nitrogen and oxygen atoms in total. The Bertz CT molecular complexity index is 1380. The molecule has 0 saturated carbocycles. The zero-order chi connectivity index (χ0) is 23.6. The fourth-order valence-corrected chi connectivity index (χ4v) is 6.02. The molecular weight excluding hydrogens is 471 g/mol. The molecule has 1 N–H and O–H groups in total. The van der Waals surface area contributed by atoms with Gasteiger partial charge in [0.25, 0.3) is 0 Å². The third-order valence-electron chi connectivity index (χ3n) is 6.22. The number of aliphatic hydroxyl groups excluding tert-OH is 1. The first-order chi connectivity index (χ1) is 15.8. The fourth-order valence-electron chi connectivity index (χ4n) is 4.78. The van der Waals surface area contributed by atoms with Gasteiger partial charge in [0.05, 0.1) is 34.6 Å². The molecule has 0 radical (unpaired) electrons. The van der Waals surface area contributed by atoms with E-state index in [1.807, 2.05) is 0 Å². The van der Waals surface area contributed by atoms with Crippen molar-refractivity contribution in [3.8, 4) is 0 Å². The zero-order valence-electron chi connectivity index (χ0n) is 18.5. The number of carboxylic acid groups (broad SMARTS) is 1. The Morgan fingerprint density at radius 3 is 2.68 bits per heavy atom. The fraction of sp³-hybridized carbons (Fsp3) is 0.273. The average molecular weight is 488 g/mol. The Kier molecular flexibility index (Phi) is 6.34. The van der Waals surface area contributed by atoms with Crippen LogP contribution in [-0.2, 0) is 9.59 Å². The Labute approximate surface area is 219 Å². The van der Waals surface area contributed by atoms with Crippen molar-refractivity contribution in [3.05, 3.63) is 58.4 Å². The van der Waals surface area contributed by atoms with E-state index in [0.717, 1.165) is 11.3 Å². The number of aliphatic carboxylic acids is 1. The minimum atomic E-state index is -1.50. The Morgan fingerprint density at radius 1 is 1.35 bits per heavy atom. The Balaban J connectivity index is 0.00000274. The van der Waals surface area contributed by atoms with Gasteiger partial charge in [-0.1, -0.05) is 6.92 Å². The monoisotopic (exact) mass is 488 g/mol. The number of imidazole rings is 1. The maximum atomic E-state index is 13.0. The molecule has 0 aliphatic carbocycles. The predicted octanol–water partition coefficient (Wildman–Crippen LogP) is -2.84. The van der Waals surface area contributed by atoms with E-state index in [1.165, 1.54) is 28.6 Å². The quantitative estimate of drug-likeness (QED) is 0.169. The van der Waals surface area contributed by atoms with Gasteiger partial charge in [0.15, 0.2) is 12.1 Å². The summed E-state index contributed by atoms with van der Waals surface area (Å²) in [4.78, 5) is 59.3. The molecule has 0 aromatic carbocycles. The first-order valence-electron chi connectivity index (χ1n) is 10.1. The number of aliphatic hydroxyl groups is 1. The van der Waals surface area contributed by atoms with Crippen LogP contribution in [0.25, 0.3) is 10.4 Å². The van der Waals surface area contributed by atoms with E-state index < -0.39 is 41.6 Å². The van der Waals surface area contributed by atoms with Gasteiger partial charge in [-0.05, 0) is 19.1 Å². The number of aromatic nitrogens is 3. The number of carbonyl (C=O) groups is 4. The smallest absolute Gasteiger partial charge is 0.543 e. The minimum absolute atomic E-state index is 0. The molecule has 0 bridgehead atoms. The number of carbonyl (C=O) groups excluding carboxylic acids is 4. The van der Waals surface area contributed by atoms with Gasteiger partial charge in [0.1, 0.15) is 10.5 Å². The predicted molar refractivity (Wildman–Crippen MR) is 113 cm³/mol. The molecule has 5 rings (SSSR count). The molecule has 2 aliphatic heterocycles. The van der Waals surface area contributed by atoms with Crippen molar-refractivity contribution in [1.29, 1.82) is 0 Å². The number of ketones is 1. The standard InChI is InChI=1S/C22H18N4O6S.Na/c1-9-14(18(22(31)32)26-17(9)15(10(2)28)20(26)30)12-7-25-13(8-27)24-16(21(25)33-12)19(29)11-4-3-5-23-6-11;/h3-10,15,17,28H,1-2H3,(H,31,32);/q;+1/p-1/t9-,10+,15+,17+;/m0./s1. The largest absolute Gasteiger partial charge is 1.00 e. The number of thiazole rings is 1. The van der Waals surface area contributed by atoms with Gasteiger partial charge in [0.2, 0.25) is 11.7 Å². The van der Waals surface area contributed by atoms with Gasteiger partial charge in [-0.15, -0.1) is 11.3 Å². The molecule has 1 amide bonds. The van der Waals surface area contributed by atoms with E-state index in [4.69, 9.17) is 0 Å². The average Bonchev–Trinajstić information content (AvgIpc) is 3.42. The molecule has 0 unspecified atom stereocenters. The van der Waals surface area contributed by atoms with Gasteiger partial charge in [-0.2, -0.15) is 0 Å². The number of β-lactam (4-membered cyclic amide) rings is 1. The molecule has 168 valence electrons. The summed E-state index contributed by atoms with van der Waals surface area (Å²) in [6.45, 7) is 3.28. The van der Waals surface area contributed by atoms with Crippen molar-refractivity contribution >= 4 is 45.7 Å². The van der Waals surface area contributed by atoms with Gasteiger partial charge in [-0.25, -0.2) is 4.98 Å². The molecule has 5 heterocycles. The summed E-state index contributed by atoms with van der Waals surface area (Å²) < 4.78 is 1.44. The van der Waals surface area contributed by atoms with Gasteiger partial charge in [-0.3, -0.25) is 23.8 Å². The summed E-state index contributed by atoms with van der Waals surface area (Å²) in [5.74, 6) is -3.54. The van der Waals surface area contributed by atoms with Crippen molar-refractivity contribution in [3.63, 3.8) is 0 Å². The number of hydrogen-bond donors (Lipinski definition) is 1. The zero-order valence-corrected chi connectivity index (χ0v) is 21.3. The topological polar surface area (TPSA) is 145 Å². The second-order valence-electron chi connectivity index (χ2n) is 8.08. The number of hydrogen-bond acceptors (Lipinski definition) is 9. The maximum Gasteiger partial charge on any atom is 1.00 e. The van der Waals surface area contributed by atoms with Crippen molar-refractivity contribution in [2.24, 2.45) is 11.8 Å². The third kappa shape index (κ3) is 3.38. The van der Waals surface area contributed by atoms with Crippen LogP contribution in [0.15, 0.2) is 36.4 Å². The summed E-state index contributed by atoms with van der Waals surface area (Å²) in [7, 11) is 0. The summed E-state index contributed by atoms with van der Waals surface area (Å²) in [5, 5.41) is 22.0. The van der Waals surface area contributed by atoms with Crippen molar-refractivity contribution < 1.29 is 58.9 Å². The third-order valence-corrected chi connectivity index (χ3v) is 7.35. The molecule has 3 aromatic rings. The molecule has 1 fully saturated rings. The van der Waals surface area contributed by atoms with Crippen LogP contribution in [0.3, 0.4) is 0 Å². The molecule has 0 spiro atoms. The Morgan fingerprint density at radius 2 is 2.09 bits per heavy atom. The Hall–Kier alpha value is -2.70. The second-order valence-corrected chi connectivity index (χ2v) is 9.11. The molecule has 1 saturated heterocycles. The number of nitrogens with zero attached hydrogens (tertiary/aromatic N) is 4. The molecule has 3 aromatic heterocycles. The number of fused-ring (bicyclic) bond motifs is 2. The first-order valence-corrected chi connectivity index (χ1v) is 11.0. The summed E-state index contributed by atoms with van der Waals surface area (Å²) >= 11 is 1.10. The normalized spacial score (nSPS) is 22.3. The number of rotatable bonds is 6. The van der Waals surface area contributed by atoms with E-state index in [0.29, 0.717) is 27.1 Å². The number of carboxylic acids is 1. The van der Waals surface area contributed by atoms with Crippen molar-refractivity contribution in [2.45, 2.75) is 26.0 Å². The van der Waals surface area contributed by atoms with Gasteiger partial charge < -0.3 is 19.9 Å². The summed E-state index contributed by atoms with van der Waals surface area (Å²) in [6.07, 6.45) is 4.04. The number of amides is 1. The molecule has 34 heavy (non-hydrogen) atoms. The van der Waals surface area contributed by atoms with Crippen molar-refractivity contribution in [2.75, 3.05) is 0 Å². The van der Waals surface area contributed by atoms with Crippen LogP contribution in [0.4, 0.5) is 0 Å². The van der Waals surface area contributed by atoms with Crippen LogP contribution in [0.5, 0.6) is 0 Å². The maximum absolute atomic E-state index is 13.0. The minimum Gasteiger partial charge on any atom is -0.543 e. The SMILES string of the molecule is C[C@@H](O)[C@H]1C(=O)N2C(C(=O)[O-])=C(c3cn4c(C=O)nc(C(=O)c5cccnc5)c4s3)[C@H](C)[C@H]12.[Na+]. The van der Waals surface area contributed by atoms with E-state index in [2.05, 4.69) is 9.97 Å². The molecular formula is C22H17N4NaO6S. The number of aldehydes is 1. The van der Waals surface area contributed by atoms with E-state index in [-0.39, 0.29) is 46.8 Å². The first kappa shape index (κ1) is 24.4. The van der Waals surface area contributed by atoms with Crippen LogP contribution in [0.1, 0.15) is 45.4 Å². The van der Waals surface area contributed by atoms with E-state index in [9.17, 15) is 29.4 Å². The molecule has 12 heteroatoms. The van der Waals surface area contributed by atoms with E-state index >= 15 is 0 Å². The summed E-state index contributed by atoms with van der Waals surface area (Å²) in [6, 6.07) is 2.68. The van der Waals surface area contributed by atoms with Gasteiger partial charge >= 0.3 is 29.6 Å². The van der Waals surface area contributed by atoms with Crippen LogP contribution in [-0.4, -0.2) is 60.5 Å². The van der Waals surface area contributed by atoms with E-state index in [1.54, 1.807) is 25.3 Å². The second kappa shape index (κ2) is 8.82. The van der Waals surface area contributed by atoms with Crippen molar-refractivity contribution in [1.82, 2.24) is 19.3 Å². The van der Waals surface area contributed by atoms with Crippen LogP contribution < -0.4 is 34.7 Å². The van der Waals surface area contributed by atoms with Gasteiger partial charge in [0, 0.05) is 35.6 Å². The summed E-state index contributed by atoms with van der Waals surface area (Å²) in [5.41, 5.74) is 0.452. The number of pyridine rings is 1.